The van der Waals surface area contributed by atoms with Gasteiger partial charge in [0.15, 0.2) is 0 Å². The Bertz CT molecular complexity index is 356. The largest absolute Gasteiger partial charge is 0.310 e. The van der Waals surface area contributed by atoms with Gasteiger partial charge < -0.3 is 5.32 Å². The highest BCUT2D eigenvalue weighted by Gasteiger charge is 2.20. The Kier molecular flexibility index (Phi) is 3.59. The van der Waals surface area contributed by atoms with E-state index in [-0.39, 0.29) is 5.82 Å². The molecular weight excluding hydrogens is 201 g/mol. The van der Waals surface area contributed by atoms with Crippen molar-refractivity contribution in [1.29, 1.82) is 0 Å². The summed E-state index contributed by atoms with van der Waals surface area (Å²) in [5.74, 6) is 0.537. The Morgan fingerprint density at radius 2 is 2.12 bits per heavy atom. The maximum atomic E-state index is 13.5. The topological polar surface area (TPSA) is 12.0 Å². The number of benzene rings is 1. The Morgan fingerprint density at radius 3 is 2.75 bits per heavy atom. The van der Waals surface area contributed by atoms with Gasteiger partial charge in [-0.25, -0.2) is 4.39 Å². The molecule has 0 aliphatic heterocycles. The minimum absolute atomic E-state index is 0.0827. The summed E-state index contributed by atoms with van der Waals surface area (Å²) in [4.78, 5) is 0. The Labute approximate surface area is 97.1 Å². The molecule has 16 heavy (non-hydrogen) atoms. The highest BCUT2D eigenvalue weighted by molar-refractivity contribution is 5.25. The van der Waals surface area contributed by atoms with Gasteiger partial charge in [0.1, 0.15) is 5.82 Å². The molecule has 0 heterocycles. The van der Waals surface area contributed by atoms with Crippen LogP contribution in [0.15, 0.2) is 18.2 Å². The molecule has 0 spiro atoms. The third kappa shape index (κ3) is 3.31. The zero-order valence-electron chi connectivity index (χ0n) is 10.1. The Hall–Kier alpha value is -0.890. The van der Waals surface area contributed by atoms with Gasteiger partial charge in [-0.15, -0.1) is 0 Å². The first-order chi connectivity index (χ1) is 7.65. The van der Waals surface area contributed by atoms with Gasteiger partial charge >= 0.3 is 0 Å². The standard InChI is InChI=1S/C14H20FN/c1-10(2)7-11-3-6-14(15)12(8-11)9-16-13-4-5-13/h3,6,8,10,13,16H,4-5,7,9H2,1-2H3. The van der Waals surface area contributed by atoms with Crippen molar-refractivity contribution in [2.24, 2.45) is 5.92 Å². The van der Waals surface area contributed by atoms with E-state index in [4.69, 9.17) is 0 Å². The molecule has 0 atom stereocenters. The Morgan fingerprint density at radius 1 is 1.38 bits per heavy atom. The molecule has 0 bridgehead atoms. The molecule has 1 N–H and O–H groups in total. The fourth-order valence-electron chi connectivity index (χ4n) is 1.90. The van der Waals surface area contributed by atoms with E-state index in [9.17, 15) is 4.39 Å². The molecule has 0 saturated heterocycles. The summed E-state index contributed by atoms with van der Waals surface area (Å²) >= 11 is 0. The van der Waals surface area contributed by atoms with E-state index in [1.165, 1.54) is 18.4 Å². The molecular formula is C14H20FN. The van der Waals surface area contributed by atoms with Crippen molar-refractivity contribution in [1.82, 2.24) is 5.32 Å². The second-order valence-corrected chi connectivity index (χ2v) is 5.18. The third-order valence-corrected chi connectivity index (χ3v) is 2.91. The van der Waals surface area contributed by atoms with Gasteiger partial charge in [-0.3, -0.25) is 0 Å². The lowest BCUT2D eigenvalue weighted by atomic mass is 10.0. The van der Waals surface area contributed by atoms with Gasteiger partial charge in [-0.05, 0) is 36.8 Å². The molecule has 1 aliphatic rings. The molecule has 1 saturated carbocycles. The average molecular weight is 221 g/mol. The first kappa shape index (κ1) is 11.6. The van der Waals surface area contributed by atoms with E-state index in [1.807, 2.05) is 12.1 Å². The number of rotatable bonds is 5. The molecule has 0 aromatic heterocycles. The molecule has 0 amide bonds. The molecule has 88 valence electrons. The lowest BCUT2D eigenvalue weighted by molar-refractivity contribution is 0.582. The van der Waals surface area contributed by atoms with E-state index < -0.39 is 0 Å². The summed E-state index contributed by atoms with van der Waals surface area (Å²) in [7, 11) is 0. The molecule has 1 nitrogen and oxygen atoms in total. The van der Waals surface area contributed by atoms with Crippen LogP contribution in [0.5, 0.6) is 0 Å². The average Bonchev–Trinajstić information content (AvgIpc) is 3.02. The predicted molar refractivity (Wildman–Crippen MR) is 64.8 cm³/mol. The fourth-order valence-corrected chi connectivity index (χ4v) is 1.90. The van der Waals surface area contributed by atoms with Crippen LogP contribution in [0, 0.1) is 11.7 Å². The highest BCUT2D eigenvalue weighted by atomic mass is 19.1. The predicted octanol–water partition coefficient (Wildman–Crippen LogP) is 3.28. The van der Waals surface area contributed by atoms with Crippen LogP contribution in [0.2, 0.25) is 0 Å². The van der Waals surface area contributed by atoms with Gasteiger partial charge in [0, 0.05) is 18.2 Å². The lowest BCUT2D eigenvalue weighted by Gasteiger charge is -2.09. The van der Waals surface area contributed by atoms with Crippen LogP contribution in [0.1, 0.15) is 37.8 Å². The summed E-state index contributed by atoms with van der Waals surface area (Å²) in [5, 5.41) is 3.35. The zero-order valence-corrected chi connectivity index (χ0v) is 10.1. The summed E-state index contributed by atoms with van der Waals surface area (Å²) in [6.45, 7) is 5.04. The third-order valence-electron chi connectivity index (χ3n) is 2.91. The number of hydrogen-bond acceptors (Lipinski definition) is 1. The van der Waals surface area contributed by atoms with E-state index in [1.54, 1.807) is 6.07 Å². The molecule has 1 aromatic carbocycles. The fraction of sp³-hybridized carbons (Fsp3) is 0.571. The van der Waals surface area contributed by atoms with Crippen LogP contribution in [-0.2, 0) is 13.0 Å². The van der Waals surface area contributed by atoms with Crippen LogP contribution in [0.4, 0.5) is 4.39 Å². The summed E-state index contributed by atoms with van der Waals surface area (Å²) in [5.41, 5.74) is 2.05. The van der Waals surface area contributed by atoms with Crippen LogP contribution in [-0.4, -0.2) is 6.04 Å². The van der Waals surface area contributed by atoms with Crippen LogP contribution < -0.4 is 5.32 Å². The Balaban J connectivity index is 2.02. The highest BCUT2D eigenvalue weighted by Crippen LogP contribution is 2.20. The van der Waals surface area contributed by atoms with Crippen molar-refractivity contribution in [2.75, 3.05) is 0 Å². The maximum Gasteiger partial charge on any atom is 0.127 e. The molecule has 1 aromatic rings. The summed E-state index contributed by atoms with van der Waals surface area (Å²) < 4.78 is 13.5. The number of nitrogens with one attached hydrogen (secondary N) is 1. The quantitative estimate of drug-likeness (QED) is 0.804. The molecule has 0 radical (unpaired) electrons. The second kappa shape index (κ2) is 4.96. The van der Waals surface area contributed by atoms with Gasteiger partial charge in [-0.1, -0.05) is 26.0 Å². The minimum Gasteiger partial charge on any atom is -0.310 e. The van der Waals surface area contributed by atoms with Gasteiger partial charge in [-0.2, -0.15) is 0 Å². The van der Waals surface area contributed by atoms with Gasteiger partial charge in [0.05, 0.1) is 0 Å². The van der Waals surface area contributed by atoms with Crippen LogP contribution in [0.25, 0.3) is 0 Å². The lowest BCUT2D eigenvalue weighted by Crippen LogP contribution is -2.16. The monoisotopic (exact) mass is 221 g/mol. The van der Waals surface area contributed by atoms with Gasteiger partial charge in [0.25, 0.3) is 0 Å². The van der Waals surface area contributed by atoms with Crippen LogP contribution in [0.3, 0.4) is 0 Å². The molecule has 2 rings (SSSR count). The van der Waals surface area contributed by atoms with Crippen molar-refractivity contribution in [3.05, 3.63) is 35.1 Å². The maximum absolute atomic E-state index is 13.5. The van der Waals surface area contributed by atoms with Crippen molar-refractivity contribution >= 4 is 0 Å². The minimum atomic E-state index is -0.0827. The van der Waals surface area contributed by atoms with E-state index in [0.717, 1.165) is 12.0 Å². The summed E-state index contributed by atoms with van der Waals surface area (Å²) in [6, 6.07) is 6.13. The summed E-state index contributed by atoms with van der Waals surface area (Å²) in [6.07, 6.45) is 3.51. The smallest absolute Gasteiger partial charge is 0.127 e. The van der Waals surface area contributed by atoms with Crippen molar-refractivity contribution in [3.8, 4) is 0 Å². The van der Waals surface area contributed by atoms with Crippen molar-refractivity contribution in [3.63, 3.8) is 0 Å². The zero-order chi connectivity index (χ0) is 11.5. The van der Waals surface area contributed by atoms with Crippen molar-refractivity contribution < 1.29 is 4.39 Å². The first-order valence-electron chi connectivity index (χ1n) is 6.16. The normalized spacial score (nSPS) is 15.8. The second-order valence-electron chi connectivity index (χ2n) is 5.18. The number of hydrogen-bond donors (Lipinski definition) is 1. The van der Waals surface area contributed by atoms with E-state index in [0.29, 0.717) is 18.5 Å². The van der Waals surface area contributed by atoms with Gasteiger partial charge in [0.2, 0.25) is 0 Å². The molecule has 0 unspecified atom stereocenters. The van der Waals surface area contributed by atoms with Crippen LogP contribution >= 0.6 is 0 Å². The SMILES string of the molecule is CC(C)Cc1ccc(F)c(CNC2CC2)c1. The number of halogens is 1. The molecule has 1 aliphatic carbocycles. The van der Waals surface area contributed by atoms with E-state index >= 15 is 0 Å². The molecule has 2 heteroatoms. The molecule has 1 fully saturated rings. The van der Waals surface area contributed by atoms with E-state index in [2.05, 4.69) is 19.2 Å². The van der Waals surface area contributed by atoms with Crippen molar-refractivity contribution in [2.45, 2.75) is 45.7 Å². The first-order valence-corrected chi connectivity index (χ1v) is 6.16.